The largest absolute Gasteiger partial charge is 0.457 e. The minimum absolute atomic E-state index is 0.123. The van der Waals surface area contributed by atoms with Gasteiger partial charge in [-0.25, -0.2) is 19.2 Å². The standard InChI is InChI=1S/C35H23ClO8/c36-28-18-10-11-23(19-28)22-41-32(37)27-20-29(42-33(38)24-12-4-1-5-13-24)31(44-35(40)26-16-8-3-9-17-26)30(21-27)43-34(39)25-14-6-2-7-15-25/h1-21H,22H2. The molecule has 0 saturated heterocycles. The van der Waals surface area contributed by atoms with Gasteiger partial charge in [0.15, 0.2) is 11.5 Å². The van der Waals surface area contributed by atoms with E-state index in [0.717, 1.165) is 0 Å². The molecule has 0 heterocycles. The van der Waals surface area contributed by atoms with E-state index in [-0.39, 0.29) is 46.1 Å². The molecule has 0 bridgehead atoms. The molecule has 0 amide bonds. The Morgan fingerprint density at radius 2 is 0.932 bits per heavy atom. The minimum atomic E-state index is -0.833. The van der Waals surface area contributed by atoms with E-state index in [4.69, 9.17) is 30.5 Å². The highest BCUT2D eigenvalue weighted by molar-refractivity contribution is 6.30. The molecular weight excluding hydrogens is 584 g/mol. The van der Waals surface area contributed by atoms with Gasteiger partial charge >= 0.3 is 23.9 Å². The Hall–Kier alpha value is -5.73. The third-order valence-corrected chi connectivity index (χ3v) is 6.38. The molecule has 0 aliphatic heterocycles. The molecule has 0 N–H and O–H groups in total. The summed E-state index contributed by atoms with van der Waals surface area (Å²) in [6.07, 6.45) is 0. The van der Waals surface area contributed by atoms with Gasteiger partial charge in [-0.1, -0.05) is 78.3 Å². The van der Waals surface area contributed by atoms with Gasteiger partial charge in [-0.05, 0) is 66.2 Å². The molecule has 0 saturated carbocycles. The van der Waals surface area contributed by atoms with Crippen LogP contribution in [0.25, 0.3) is 0 Å². The maximum absolute atomic E-state index is 13.2. The first kappa shape index (κ1) is 29.8. The van der Waals surface area contributed by atoms with Crippen LogP contribution in [0.15, 0.2) is 127 Å². The van der Waals surface area contributed by atoms with Crippen LogP contribution in [0.4, 0.5) is 0 Å². The first-order chi connectivity index (χ1) is 21.4. The maximum atomic E-state index is 13.2. The van der Waals surface area contributed by atoms with Crippen LogP contribution in [-0.2, 0) is 11.3 Å². The summed E-state index contributed by atoms with van der Waals surface area (Å²) in [5.41, 5.74) is 1.04. The van der Waals surface area contributed by atoms with Crippen LogP contribution in [0.2, 0.25) is 5.02 Å². The fourth-order valence-electron chi connectivity index (χ4n) is 4.00. The number of esters is 4. The van der Waals surface area contributed by atoms with Crippen molar-refractivity contribution in [2.45, 2.75) is 6.61 Å². The second-order valence-corrected chi connectivity index (χ2v) is 9.71. The van der Waals surface area contributed by atoms with Crippen molar-refractivity contribution >= 4 is 35.5 Å². The molecule has 44 heavy (non-hydrogen) atoms. The number of carbonyl (C=O) groups excluding carboxylic acids is 4. The van der Waals surface area contributed by atoms with Crippen molar-refractivity contribution in [3.63, 3.8) is 0 Å². The van der Waals surface area contributed by atoms with Crippen molar-refractivity contribution in [3.05, 3.63) is 160 Å². The molecule has 0 aliphatic rings. The van der Waals surface area contributed by atoms with E-state index in [9.17, 15) is 19.2 Å². The summed E-state index contributed by atoms with van der Waals surface area (Å²) in [5.74, 6) is -4.37. The van der Waals surface area contributed by atoms with Gasteiger partial charge in [-0.2, -0.15) is 0 Å². The second kappa shape index (κ2) is 14.0. The molecule has 5 aromatic rings. The lowest BCUT2D eigenvalue weighted by molar-refractivity contribution is 0.0469. The number of halogens is 1. The normalized spacial score (nSPS) is 10.4. The van der Waals surface area contributed by atoms with E-state index in [1.165, 1.54) is 48.5 Å². The quantitative estimate of drug-likeness (QED) is 0.127. The Bertz CT molecular complexity index is 1730. The molecule has 0 aromatic heterocycles. The van der Waals surface area contributed by atoms with E-state index < -0.39 is 23.9 Å². The Balaban J connectivity index is 1.56. The van der Waals surface area contributed by atoms with Crippen molar-refractivity contribution in [2.75, 3.05) is 0 Å². The molecule has 0 atom stereocenters. The lowest BCUT2D eigenvalue weighted by Gasteiger charge is -2.16. The topological polar surface area (TPSA) is 105 Å². The van der Waals surface area contributed by atoms with Crippen molar-refractivity contribution < 1.29 is 38.1 Å². The summed E-state index contributed by atoms with van der Waals surface area (Å²) >= 11 is 6.04. The molecule has 0 radical (unpaired) electrons. The molecule has 9 heteroatoms. The van der Waals surface area contributed by atoms with Gasteiger partial charge in [0.05, 0.1) is 22.3 Å². The molecule has 5 rings (SSSR count). The van der Waals surface area contributed by atoms with Gasteiger partial charge in [0.25, 0.3) is 0 Å². The summed E-state index contributed by atoms with van der Waals surface area (Å²) in [5, 5.41) is 0.466. The Kier molecular flexibility index (Phi) is 9.44. The van der Waals surface area contributed by atoms with Crippen LogP contribution < -0.4 is 14.2 Å². The van der Waals surface area contributed by atoms with E-state index in [2.05, 4.69) is 0 Å². The summed E-state index contributed by atoms with van der Waals surface area (Å²) in [4.78, 5) is 52.6. The predicted molar refractivity (Wildman–Crippen MR) is 161 cm³/mol. The maximum Gasteiger partial charge on any atom is 0.343 e. The molecule has 0 spiro atoms. The highest BCUT2D eigenvalue weighted by atomic mass is 35.5. The van der Waals surface area contributed by atoms with E-state index in [0.29, 0.717) is 10.6 Å². The van der Waals surface area contributed by atoms with E-state index >= 15 is 0 Å². The van der Waals surface area contributed by atoms with Gasteiger partial charge in [0.1, 0.15) is 6.61 Å². The number of rotatable bonds is 9. The Morgan fingerprint density at radius 1 is 0.477 bits per heavy atom. The Labute approximate surface area is 257 Å². The number of hydrogen-bond donors (Lipinski definition) is 0. The summed E-state index contributed by atoms with van der Waals surface area (Å²) in [7, 11) is 0. The zero-order chi connectivity index (χ0) is 30.9. The number of benzene rings is 5. The fraction of sp³-hybridized carbons (Fsp3) is 0.0286. The molecular formula is C35H23ClO8. The molecule has 218 valence electrons. The lowest BCUT2D eigenvalue weighted by Crippen LogP contribution is -2.16. The molecule has 8 nitrogen and oxygen atoms in total. The van der Waals surface area contributed by atoms with Crippen molar-refractivity contribution in [1.82, 2.24) is 0 Å². The first-order valence-electron chi connectivity index (χ1n) is 13.3. The fourth-order valence-corrected chi connectivity index (χ4v) is 4.21. The zero-order valence-corrected chi connectivity index (χ0v) is 23.7. The molecule has 0 aliphatic carbocycles. The third-order valence-electron chi connectivity index (χ3n) is 6.14. The number of ether oxygens (including phenoxy) is 4. The van der Waals surface area contributed by atoms with E-state index in [1.807, 2.05) is 0 Å². The predicted octanol–water partition coefficient (Wildman–Crippen LogP) is 7.35. The van der Waals surface area contributed by atoms with Crippen molar-refractivity contribution in [2.24, 2.45) is 0 Å². The summed E-state index contributed by atoms with van der Waals surface area (Å²) in [6, 6.07) is 33.3. The van der Waals surface area contributed by atoms with Gasteiger partial charge < -0.3 is 18.9 Å². The average Bonchev–Trinajstić information content (AvgIpc) is 3.06. The Morgan fingerprint density at radius 3 is 1.39 bits per heavy atom. The summed E-state index contributed by atoms with van der Waals surface area (Å²) in [6.45, 7) is -0.123. The third kappa shape index (κ3) is 7.56. The highest BCUT2D eigenvalue weighted by Crippen LogP contribution is 2.41. The molecule has 0 unspecified atom stereocenters. The number of carbonyl (C=O) groups is 4. The van der Waals surface area contributed by atoms with Gasteiger partial charge in [-0.15, -0.1) is 0 Å². The zero-order valence-electron chi connectivity index (χ0n) is 23.0. The average molecular weight is 607 g/mol. The second-order valence-electron chi connectivity index (χ2n) is 9.27. The van der Waals surface area contributed by atoms with Crippen LogP contribution >= 0.6 is 11.6 Å². The van der Waals surface area contributed by atoms with Gasteiger partial charge in [0, 0.05) is 5.02 Å². The first-order valence-corrected chi connectivity index (χ1v) is 13.7. The molecule has 5 aromatic carbocycles. The minimum Gasteiger partial charge on any atom is -0.457 e. The molecule has 0 fully saturated rings. The SMILES string of the molecule is O=C(OCc1cccc(Cl)c1)c1cc(OC(=O)c2ccccc2)c(OC(=O)c2ccccc2)c(OC(=O)c2ccccc2)c1. The summed E-state index contributed by atoms with van der Waals surface area (Å²) < 4.78 is 22.4. The lowest BCUT2D eigenvalue weighted by atomic mass is 10.1. The van der Waals surface area contributed by atoms with Gasteiger partial charge in [-0.3, -0.25) is 0 Å². The van der Waals surface area contributed by atoms with Crippen LogP contribution in [0.1, 0.15) is 47.0 Å². The van der Waals surface area contributed by atoms with Crippen LogP contribution in [0.5, 0.6) is 17.2 Å². The van der Waals surface area contributed by atoms with E-state index in [1.54, 1.807) is 78.9 Å². The number of hydrogen-bond acceptors (Lipinski definition) is 8. The van der Waals surface area contributed by atoms with Crippen LogP contribution in [0, 0.1) is 0 Å². The van der Waals surface area contributed by atoms with Crippen molar-refractivity contribution in [3.8, 4) is 17.2 Å². The smallest absolute Gasteiger partial charge is 0.343 e. The van der Waals surface area contributed by atoms with Crippen LogP contribution in [-0.4, -0.2) is 23.9 Å². The van der Waals surface area contributed by atoms with Gasteiger partial charge in [0.2, 0.25) is 5.75 Å². The highest BCUT2D eigenvalue weighted by Gasteiger charge is 2.26. The monoisotopic (exact) mass is 606 g/mol. The van der Waals surface area contributed by atoms with Crippen LogP contribution in [0.3, 0.4) is 0 Å². The van der Waals surface area contributed by atoms with Crippen molar-refractivity contribution in [1.29, 1.82) is 0 Å².